The number of rotatable bonds is 2. The second-order valence-electron chi connectivity index (χ2n) is 8.19. The molecule has 0 aromatic carbocycles. The Labute approximate surface area is 235 Å². The van der Waals surface area contributed by atoms with E-state index in [0.717, 1.165) is 6.42 Å². The van der Waals surface area contributed by atoms with Crippen molar-refractivity contribution in [2.75, 3.05) is 0 Å². The van der Waals surface area contributed by atoms with Crippen molar-refractivity contribution in [1.82, 2.24) is 0 Å². The van der Waals surface area contributed by atoms with Crippen LogP contribution in [0.5, 0.6) is 0 Å². The Morgan fingerprint density at radius 2 is 1.41 bits per heavy atom. The maximum Gasteiger partial charge on any atom is 0.156 e. The van der Waals surface area contributed by atoms with Gasteiger partial charge >= 0.3 is 0 Å². The number of hydrogen-bond acceptors (Lipinski definition) is 3. The molecule has 1 aliphatic rings. The van der Waals surface area contributed by atoms with Crippen LogP contribution in [0.4, 0.5) is 0 Å². The first-order valence-corrected chi connectivity index (χ1v) is 9.08. The van der Waals surface area contributed by atoms with Gasteiger partial charge in [-0.1, -0.05) is 51.5 Å². The van der Waals surface area contributed by atoms with Crippen LogP contribution >= 0.6 is 0 Å². The van der Waals surface area contributed by atoms with Crippen LogP contribution in [0, 0.1) is 18.8 Å². The van der Waals surface area contributed by atoms with Crippen molar-refractivity contribution in [2.45, 2.75) is 82.1 Å². The molecule has 0 fully saturated rings. The molecule has 0 saturated carbocycles. The molecule has 3 nitrogen and oxygen atoms in total. The van der Waals surface area contributed by atoms with Gasteiger partial charge in [0.25, 0.3) is 0 Å². The number of carbonyl (C=O) groups excluding carboxylic acids is 3. The van der Waals surface area contributed by atoms with E-state index in [1.54, 1.807) is 6.08 Å². The van der Waals surface area contributed by atoms with E-state index in [4.69, 9.17) is 0 Å². The van der Waals surface area contributed by atoms with Crippen LogP contribution in [0.1, 0.15) is 82.1 Å². The molecule has 1 aliphatic carbocycles. The third kappa shape index (κ3) is 47.6. The SMILES string of the molecule is C=CC(C)=O.CC(C)=CC(C)C.CC(C)=O.CC1=CC(=O)CC(C)(C)C1.[CH3-].[K].[V]. The summed E-state index contributed by atoms with van der Waals surface area (Å²) >= 11 is 0. The van der Waals surface area contributed by atoms with Crippen molar-refractivity contribution >= 4 is 68.7 Å². The summed E-state index contributed by atoms with van der Waals surface area (Å²) in [5.41, 5.74) is 2.84. The standard InChI is InChI=1S/C9H14O.C7H14.C4H6O.C3H6O.CH3.K.V/c1-7-4-8(10)6-9(2,3)5-7;1-6(2)5-7(3)4;1-3-4(2)5;1-3(2)4;;;/h4H,5-6H2,1-3H3;5-6H,1-4H3;3H,1H2,2H3;1-2H3;1H3;;/q;;;;-1;;. The summed E-state index contributed by atoms with van der Waals surface area (Å²) in [7, 11) is 0. The number of carbonyl (C=O) groups is 3. The molecule has 0 aliphatic heterocycles. The summed E-state index contributed by atoms with van der Waals surface area (Å²) in [6.45, 7) is 22.7. The quantitative estimate of drug-likeness (QED) is 0.205. The van der Waals surface area contributed by atoms with Crippen molar-refractivity contribution in [3.63, 3.8) is 0 Å². The summed E-state index contributed by atoms with van der Waals surface area (Å²) in [5, 5.41) is 0. The molecule has 0 saturated heterocycles. The first-order chi connectivity index (χ1) is 11.6. The minimum Gasteiger partial charge on any atom is -0.358 e. The molecular formula is C24H43KO3V-. The van der Waals surface area contributed by atoms with Crippen molar-refractivity contribution in [3.8, 4) is 0 Å². The largest absolute Gasteiger partial charge is 0.358 e. The van der Waals surface area contributed by atoms with Crippen molar-refractivity contribution in [3.05, 3.63) is 43.4 Å². The minimum absolute atomic E-state index is 0. The van der Waals surface area contributed by atoms with E-state index >= 15 is 0 Å². The van der Waals surface area contributed by atoms with Gasteiger partial charge in [0, 0.05) is 76.4 Å². The summed E-state index contributed by atoms with van der Waals surface area (Å²) in [6, 6.07) is 0. The van der Waals surface area contributed by atoms with Gasteiger partial charge in [-0.05, 0) is 71.4 Å². The van der Waals surface area contributed by atoms with Crippen molar-refractivity contribution in [1.29, 1.82) is 0 Å². The van der Waals surface area contributed by atoms with E-state index in [0.29, 0.717) is 12.3 Å². The second kappa shape index (κ2) is 24.7. The van der Waals surface area contributed by atoms with E-state index in [1.807, 2.05) is 6.92 Å². The van der Waals surface area contributed by atoms with Gasteiger partial charge in [0.05, 0.1) is 0 Å². The Balaban J connectivity index is -0.0000000624. The molecule has 0 spiro atoms. The summed E-state index contributed by atoms with van der Waals surface area (Å²) in [6.07, 6.45) is 7.08. The minimum atomic E-state index is 0. The van der Waals surface area contributed by atoms with Crippen LogP contribution in [0.3, 0.4) is 0 Å². The summed E-state index contributed by atoms with van der Waals surface area (Å²) in [4.78, 5) is 30.2. The maximum absolute atomic E-state index is 11.0. The van der Waals surface area contributed by atoms with Crippen LogP contribution in [0.15, 0.2) is 36.0 Å². The Hall–Kier alpha value is 0.451. The van der Waals surface area contributed by atoms with E-state index < -0.39 is 0 Å². The van der Waals surface area contributed by atoms with Crippen molar-refractivity contribution < 1.29 is 32.9 Å². The average Bonchev–Trinajstić information content (AvgIpc) is 2.34. The van der Waals surface area contributed by atoms with E-state index in [-0.39, 0.29) is 100 Å². The molecule has 1 rings (SSSR count). The molecule has 0 atom stereocenters. The molecule has 0 unspecified atom stereocenters. The smallest absolute Gasteiger partial charge is 0.156 e. The zero-order valence-electron chi connectivity index (χ0n) is 21.1. The topological polar surface area (TPSA) is 51.2 Å². The first-order valence-electron chi connectivity index (χ1n) is 9.08. The molecule has 0 aromatic rings. The van der Waals surface area contributed by atoms with Gasteiger partial charge in [-0.3, -0.25) is 9.59 Å². The van der Waals surface area contributed by atoms with Crippen LogP contribution in [0.25, 0.3) is 0 Å². The summed E-state index contributed by atoms with van der Waals surface area (Å²) < 4.78 is 0. The van der Waals surface area contributed by atoms with E-state index in [2.05, 4.69) is 54.2 Å². The molecule has 0 amide bonds. The third-order valence-corrected chi connectivity index (χ3v) is 2.77. The Morgan fingerprint density at radius 1 is 1.07 bits per heavy atom. The maximum atomic E-state index is 11.0. The Kier molecular flexibility index (Phi) is 36.9. The predicted octanol–water partition coefficient (Wildman–Crippen LogP) is 6.35. The van der Waals surface area contributed by atoms with Crippen molar-refractivity contribution in [2.24, 2.45) is 11.3 Å². The molecule has 0 aromatic heterocycles. The van der Waals surface area contributed by atoms with Gasteiger partial charge in [-0.2, -0.15) is 0 Å². The molecule has 5 heteroatoms. The van der Waals surface area contributed by atoms with Crippen LogP contribution in [-0.2, 0) is 32.9 Å². The fourth-order valence-electron chi connectivity index (χ4n) is 2.33. The molecule has 0 bridgehead atoms. The molecule has 164 valence electrons. The number of ketones is 3. The average molecular weight is 470 g/mol. The van der Waals surface area contributed by atoms with E-state index in [1.165, 1.54) is 38.0 Å². The third-order valence-electron chi connectivity index (χ3n) is 2.77. The second-order valence-corrected chi connectivity index (χ2v) is 8.19. The van der Waals surface area contributed by atoms with Gasteiger partial charge in [0.1, 0.15) is 5.78 Å². The number of hydrogen-bond donors (Lipinski definition) is 0. The first kappa shape index (κ1) is 43.3. The number of Topliss-reactive ketones (excluding diaryl/α,β-unsaturated/α-hetero) is 1. The fraction of sp³-hybridized carbons (Fsp3) is 0.583. The molecular weight excluding hydrogens is 426 g/mol. The Bertz CT molecular complexity index is 522. The monoisotopic (exact) mass is 469 g/mol. The van der Waals surface area contributed by atoms with Gasteiger partial charge in [-0.15, -0.1) is 0 Å². The molecule has 2 radical (unpaired) electrons. The summed E-state index contributed by atoms with van der Waals surface area (Å²) in [5.74, 6) is 1.18. The van der Waals surface area contributed by atoms with Crippen LogP contribution < -0.4 is 0 Å². The molecule has 0 N–H and O–H groups in total. The van der Waals surface area contributed by atoms with Gasteiger partial charge in [-0.25, -0.2) is 0 Å². The zero-order valence-corrected chi connectivity index (χ0v) is 25.6. The normalized spacial score (nSPS) is 12.7. The molecule has 29 heavy (non-hydrogen) atoms. The van der Waals surface area contributed by atoms with Gasteiger partial charge < -0.3 is 12.2 Å². The zero-order chi connectivity index (χ0) is 21.5. The van der Waals surface area contributed by atoms with Crippen LogP contribution in [0.2, 0.25) is 0 Å². The van der Waals surface area contributed by atoms with E-state index in [9.17, 15) is 14.4 Å². The van der Waals surface area contributed by atoms with Crippen LogP contribution in [-0.4, -0.2) is 68.7 Å². The molecule has 0 heterocycles. The van der Waals surface area contributed by atoms with Gasteiger partial charge in [0.15, 0.2) is 11.6 Å². The Morgan fingerprint density at radius 3 is 1.55 bits per heavy atom. The van der Waals surface area contributed by atoms with Gasteiger partial charge in [0.2, 0.25) is 0 Å². The predicted molar refractivity (Wildman–Crippen MR) is 125 cm³/mol. The number of allylic oxidation sites excluding steroid dienone is 5. The fourth-order valence-corrected chi connectivity index (χ4v) is 2.33.